The van der Waals surface area contributed by atoms with Crippen LogP contribution in [0.25, 0.3) is 0 Å². The monoisotopic (exact) mass is 329 g/mol. The Bertz CT molecular complexity index is 680. The molecule has 24 heavy (non-hydrogen) atoms. The fourth-order valence-corrected chi connectivity index (χ4v) is 2.75. The molecule has 3 rings (SSSR count). The standard InChI is InChI=1S/C18H23N3O3/c1-12-9-18(20-13(2)19-12)21-14-6-7-16(22-3)17(10-14)24-11-15-5-4-8-23-15/h6-7,9-10,15H,4-5,8,11H2,1-3H3,(H,19,20,21)/t15-/m1/s1. The lowest BCUT2D eigenvalue weighted by Gasteiger charge is -2.15. The number of anilines is 2. The molecule has 0 bridgehead atoms. The second kappa shape index (κ2) is 7.49. The van der Waals surface area contributed by atoms with Crippen LogP contribution in [-0.2, 0) is 4.74 Å². The summed E-state index contributed by atoms with van der Waals surface area (Å²) in [6.07, 6.45) is 2.30. The summed E-state index contributed by atoms with van der Waals surface area (Å²) in [5.74, 6) is 2.89. The molecule has 2 aromatic rings. The number of hydrogen-bond acceptors (Lipinski definition) is 6. The van der Waals surface area contributed by atoms with Crippen LogP contribution in [0.5, 0.6) is 11.5 Å². The first-order valence-electron chi connectivity index (χ1n) is 8.16. The molecule has 1 N–H and O–H groups in total. The Kier molecular flexibility index (Phi) is 5.15. The number of benzene rings is 1. The van der Waals surface area contributed by atoms with Crippen LogP contribution >= 0.6 is 0 Å². The predicted octanol–water partition coefficient (Wildman–Crippen LogP) is 3.40. The van der Waals surface area contributed by atoms with Crippen molar-refractivity contribution >= 4 is 11.5 Å². The van der Waals surface area contributed by atoms with E-state index in [2.05, 4.69) is 15.3 Å². The summed E-state index contributed by atoms with van der Waals surface area (Å²) in [5, 5.41) is 3.29. The first kappa shape index (κ1) is 16.5. The molecule has 0 saturated carbocycles. The van der Waals surface area contributed by atoms with Crippen molar-refractivity contribution in [2.24, 2.45) is 0 Å². The molecule has 1 fully saturated rings. The van der Waals surface area contributed by atoms with Crippen LogP contribution < -0.4 is 14.8 Å². The molecule has 6 nitrogen and oxygen atoms in total. The Morgan fingerprint density at radius 2 is 2.08 bits per heavy atom. The number of aryl methyl sites for hydroxylation is 2. The minimum atomic E-state index is 0.165. The van der Waals surface area contributed by atoms with Gasteiger partial charge in [-0.2, -0.15) is 0 Å². The van der Waals surface area contributed by atoms with Crippen LogP contribution in [0.3, 0.4) is 0 Å². The van der Waals surface area contributed by atoms with Gasteiger partial charge in [0.1, 0.15) is 18.2 Å². The van der Waals surface area contributed by atoms with Gasteiger partial charge in [-0.25, -0.2) is 9.97 Å². The normalized spacial score (nSPS) is 16.9. The smallest absolute Gasteiger partial charge is 0.163 e. The van der Waals surface area contributed by atoms with Crippen molar-refractivity contribution in [1.82, 2.24) is 9.97 Å². The van der Waals surface area contributed by atoms with E-state index in [0.29, 0.717) is 18.1 Å². The second-order valence-electron chi connectivity index (χ2n) is 5.88. The van der Waals surface area contributed by atoms with Gasteiger partial charge in [-0.3, -0.25) is 0 Å². The summed E-state index contributed by atoms with van der Waals surface area (Å²) in [4.78, 5) is 8.68. The van der Waals surface area contributed by atoms with Crippen molar-refractivity contribution in [3.63, 3.8) is 0 Å². The van der Waals surface area contributed by atoms with Gasteiger partial charge in [0.25, 0.3) is 0 Å². The maximum atomic E-state index is 5.92. The van der Waals surface area contributed by atoms with Crippen LogP contribution in [0, 0.1) is 13.8 Å². The van der Waals surface area contributed by atoms with Gasteiger partial charge >= 0.3 is 0 Å². The van der Waals surface area contributed by atoms with Gasteiger partial charge in [0.2, 0.25) is 0 Å². The summed E-state index contributed by atoms with van der Waals surface area (Å²) in [6, 6.07) is 7.64. The van der Waals surface area contributed by atoms with Crippen LogP contribution in [0.15, 0.2) is 24.3 Å². The lowest BCUT2D eigenvalue weighted by Crippen LogP contribution is -2.16. The van der Waals surface area contributed by atoms with Crippen LogP contribution in [0.1, 0.15) is 24.4 Å². The van der Waals surface area contributed by atoms with Crippen LogP contribution in [0.4, 0.5) is 11.5 Å². The third-order valence-corrected chi connectivity index (χ3v) is 3.85. The van der Waals surface area contributed by atoms with Crippen LogP contribution in [0.2, 0.25) is 0 Å². The predicted molar refractivity (Wildman–Crippen MR) is 92.3 cm³/mol. The molecule has 1 aliphatic rings. The molecule has 0 amide bonds. The largest absolute Gasteiger partial charge is 0.493 e. The van der Waals surface area contributed by atoms with E-state index in [1.165, 1.54) is 0 Å². The average molecular weight is 329 g/mol. The van der Waals surface area contributed by atoms with Gasteiger partial charge in [-0.05, 0) is 38.8 Å². The minimum Gasteiger partial charge on any atom is -0.493 e. The Balaban J connectivity index is 1.74. The molecule has 1 saturated heterocycles. The molecule has 1 aromatic carbocycles. The van der Waals surface area contributed by atoms with E-state index in [4.69, 9.17) is 14.2 Å². The molecule has 0 aliphatic carbocycles. The summed E-state index contributed by atoms with van der Waals surface area (Å²) < 4.78 is 16.9. The lowest BCUT2D eigenvalue weighted by atomic mass is 10.2. The van der Waals surface area contributed by atoms with E-state index in [-0.39, 0.29) is 6.10 Å². The lowest BCUT2D eigenvalue weighted by molar-refractivity contribution is 0.0670. The zero-order valence-corrected chi connectivity index (χ0v) is 14.3. The molecule has 0 spiro atoms. The van der Waals surface area contributed by atoms with E-state index in [1.54, 1.807) is 7.11 Å². The Labute approximate surface area is 142 Å². The highest BCUT2D eigenvalue weighted by Gasteiger charge is 2.17. The maximum absolute atomic E-state index is 5.92. The average Bonchev–Trinajstić information content (AvgIpc) is 3.05. The summed E-state index contributed by atoms with van der Waals surface area (Å²) in [7, 11) is 1.64. The van der Waals surface area contributed by atoms with Crippen molar-refractivity contribution in [2.45, 2.75) is 32.8 Å². The Morgan fingerprint density at radius 3 is 2.79 bits per heavy atom. The van der Waals surface area contributed by atoms with E-state index in [0.717, 1.165) is 42.5 Å². The van der Waals surface area contributed by atoms with Gasteiger partial charge in [0.05, 0.1) is 13.2 Å². The maximum Gasteiger partial charge on any atom is 0.163 e. The zero-order chi connectivity index (χ0) is 16.9. The fourth-order valence-electron chi connectivity index (χ4n) is 2.75. The van der Waals surface area contributed by atoms with Crippen molar-refractivity contribution in [2.75, 3.05) is 25.6 Å². The van der Waals surface area contributed by atoms with E-state index >= 15 is 0 Å². The molecular weight excluding hydrogens is 306 g/mol. The zero-order valence-electron chi connectivity index (χ0n) is 14.3. The van der Waals surface area contributed by atoms with Gasteiger partial charge in [-0.15, -0.1) is 0 Å². The van der Waals surface area contributed by atoms with Gasteiger partial charge in [0.15, 0.2) is 11.5 Å². The molecule has 2 heterocycles. The molecule has 1 aromatic heterocycles. The topological polar surface area (TPSA) is 65.5 Å². The highest BCUT2D eigenvalue weighted by Crippen LogP contribution is 2.32. The van der Waals surface area contributed by atoms with Gasteiger partial charge < -0.3 is 19.5 Å². The van der Waals surface area contributed by atoms with Crippen molar-refractivity contribution in [1.29, 1.82) is 0 Å². The fraction of sp³-hybridized carbons (Fsp3) is 0.444. The molecule has 128 valence electrons. The first-order chi connectivity index (χ1) is 11.6. The van der Waals surface area contributed by atoms with E-state index in [1.807, 2.05) is 38.1 Å². The second-order valence-corrected chi connectivity index (χ2v) is 5.88. The number of hydrogen-bond donors (Lipinski definition) is 1. The SMILES string of the molecule is COc1ccc(Nc2cc(C)nc(C)n2)cc1OC[C@H]1CCCO1. The summed E-state index contributed by atoms with van der Waals surface area (Å²) in [5.41, 5.74) is 1.81. The molecule has 6 heteroatoms. The van der Waals surface area contributed by atoms with Gasteiger partial charge in [-0.1, -0.05) is 0 Å². The highest BCUT2D eigenvalue weighted by atomic mass is 16.5. The number of methoxy groups -OCH3 is 1. The molecule has 0 radical (unpaired) electrons. The Hall–Kier alpha value is -2.34. The molecule has 1 aliphatic heterocycles. The first-order valence-corrected chi connectivity index (χ1v) is 8.16. The number of nitrogens with zero attached hydrogens (tertiary/aromatic N) is 2. The number of ether oxygens (including phenoxy) is 3. The van der Waals surface area contributed by atoms with Crippen molar-refractivity contribution in [3.8, 4) is 11.5 Å². The van der Waals surface area contributed by atoms with Gasteiger partial charge in [0, 0.05) is 30.1 Å². The number of rotatable bonds is 6. The third kappa shape index (κ3) is 4.14. The van der Waals surface area contributed by atoms with E-state index in [9.17, 15) is 0 Å². The highest BCUT2D eigenvalue weighted by molar-refractivity contribution is 5.61. The molecular formula is C18H23N3O3. The van der Waals surface area contributed by atoms with Crippen molar-refractivity contribution in [3.05, 3.63) is 35.8 Å². The Morgan fingerprint density at radius 1 is 1.21 bits per heavy atom. The number of nitrogens with one attached hydrogen (secondary N) is 1. The minimum absolute atomic E-state index is 0.165. The van der Waals surface area contributed by atoms with Crippen LogP contribution in [-0.4, -0.2) is 36.4 Å². The third-order valence-electron chi connectivity index (χ3n) is 3.85. The molecule has 0 unspecified atom stereocenters. The van der Waals surface area contributed by atoms with E-state index < -0.39 is 0 Å². The van der Waals surface area contributed by atoms with Crippen molar-refractivity contribution < 1.29 is 14.2 Å². The number of aromatic nitrogens is 2. The summed E-state index contributed by atoms with van der Waals surface area (Å²) in [6.45, 7) is 5.18. The molecule has 1 atom stereocenters. The quantitative estimate of drug-likeness (QED) is 0.876. The summed E-state index contributed by atoms with van der Waals surface area (Å²) >= 11 is 0.